The SMILES string of the molecule is CCc1ccc(C(=O)N2CCOCC2)cc1.CCc1cnc(N2CCOCC2)nc1. The number of morpholine rings is 2. The number of aromatic nitrogens is 2. The Morgan fingerprint density at radius 1 is 0.833 bits per heavy atom. The first kappa shape index (κ1) is 22.2. The number of ether oxygens (including phenoxy) is 2. The fourth-order valence-corrected chi connectivity index (χ4v) is 3.29. The summed E-state index contributed by atoms with van der Waals surface area (Å²) in [7, 11) is 0. The zero-order chi connectivity index (χ0) is 21.2. The van der Waals surface area contributed by atoms with E-state index in [1.165, 1.54) is 11.1 Å². The molecule has 162 valence electrons. The minimum Gasteiger partial charge on any atom is -0.378 e. The van der Waals surface area contributed by atoms with Crippen LogP contribution in [0.4, 0.5) is 5.95 Å². The van der Waals surface area contributed by atoms with Crippen molar-refractivity contribution in [2.75, 3.05) is 57.5 Å². The zero-order valence-corrected chi connectivity index (χ0v) is 18.0. The summed E-state index contributed by atoms with van der Waals surface area (Å²) in [5.41, 5.74) is 3.22. The van der Waals surface area contributed by atoms with Crippen molar-refractivity contribution >= 4 is 11.9 Å². The third-order valence-corrected chi connectivity index (χ3v) is 5.30. The van der Waals surface area contributed by atoms with Crippen molar-refractivity contribution in [2.24, 2.45) is 0 Å². The first-order chi connectivity index (χ1) is 14.7. The van der Waals surface area contributed by atoms with Crippen molar-refractivity contribution < 1.29 is 14.3 Å². The summed E-state index contributed by atoms with van der Waals surface area (Å²) in [6.07, 6.45) is 5.80. The molecular formula is C23H32N4O3. The highest BCUT2D eigenvalue weighted by Gasteiger charge is 2.18. The van der Waals surface area contributed by atoms with Crippen molar-refractivity contribution in [2.45, 2.75) is 26.7 Å². The van der Waals surface area contributed by atoms with Gasteiger partial charge in [0.1, 0.15) is 0 Å². The fraction of sp³-hybridized carbons (Fsp3) is 0.522. The van der Waals surface area contributed by atoms with Gasteiger partial charge in [-0.3, -0.25) is 4.79 Å². The summed E-state index contributed by atoms with van der Waals surface area (Å²) < 4.78 is 10.5. The average Bonchev–Trinajstić information content (AvgIpc) is 2.85. The fourth-order valence-electron chi connectivity index (χ4n) is 3.29. The largest absolute Gasteiger partial charge is 0.378 e. The molecule has 0 unspecified atom stereocenters. The molecule has 0 N–H and O–H groups in total. The van der Waals surface area contributed by atoms with E-state index in [0.29, 0.717) is 26.3 Å². The van der Waals surface area contributed by atoms with Gasteiger partial charge in [-0.25, -0.2) is 9.97 Å². The maximum atomic E-state index is 12.1. The Morgan fingerprint density at radius 3 is 1.90 bits per heavy atom. The lowest BCUT2D eigenvalue weighted by Gasteiger charge is -2.26. The van der Waals surface area contributed by atoms with E-state index in [2.05, 4.69) is 28.7 Å². The predicted molar refractivity (Wildman–Crippen MR) is 117 cm³/mol. The number of anilines is 1. The summed E-state index contributed by atoms with van der Waals surface area (Å²) in [6, 6.07) is 7.87. The molecular weight excluding hydrogens is 380 g/mol. The average molecular weight is 413 g/mol. The van der Waals surface area contributed by atoms with Crippen LogP contribution in [0.1, 0.15) is 35.3 Å². The molecule has 30 heavy (non-hydrogen) atoms. The van der Waals surface area contributed by atoms with E-state index in [1.54, 1.807) is 0 Å². The summed E-state index contributed by atoms with van der Waals surface area (Å²) in [6.45, 7) is 10.3. The Hall–Kier alpha value is -2.51. The minimum atomic E-state index is 0.117. The van der Waals surface area contributed by atoms with Gasteiger partial charge in [-0.1, -0.05) is 26.0 Å². The van der Waals surface area contributed by atoms with Gasteiger partial charge in [0, 0.05) is 44.1 Å². The van der Waals surface area contributed by atoms with Gasteiger partial charge in [0.25, 0.3) is 5.91 Å². The molecule has 2 aliphatic rings. The van der Waals surface area contributed by atoms with E-state index >= 15 is 0 Å². The molecule has 2 fully saturated rings. The Morgan fingerprint density at radius 2 is 1.37 bits per heavy atom. The van der Waals surface area contributed by atoms with Crippen LogP contribution in [0.15, 0.2) is 36.7 Å². The van der Waals surface area contributed by atoms with Gasteiger partial charge in [0.05, 0.1) is 26.4 Å². The lowest BCUT2D eigenvalue weighted by Crippen LogP contribution is -2.40. The molecule has 2 saturated heterocycles. The quantitative estimate of drug-likeness (QED) is 0.769. The van der Waals surface area contributed by atoms with Gasteiger partial charge >= 0.3 is 0 Å². The smallest absolute Gasteiger partial charge is 0.254 e. The van der Waals surface area contributed by atoms with Crippen LogP contribution in [-0.2, 0) is 22.3 Å². The summed E-state index contributed by atoms with van der Waals surface area (Å²) in [5.74, 6) is 0.941. The van der Waals surface area contributed by atoms with E-state index in [4.69, 9.17) is 9.47 Å². The predicted octanol–water partition coefficient (Wildman–Crippen LogP) is 2.60. The number of amides is 1. The van der Waals surface area contributed by atoms with Crippen molar-refractivity contribution in [3.8, 4) is 0 Å². The number of carbonyl (C=O) groups is 1. The second-order valence-electron chi connectivity index (χ2n) is 7.30. The summed E-state index contributed by atoms with van der Waals surface area (Å²) in [5, 5.41) is 0. The second-order valence-corrected chi connectivity index (χ2v) is 7.30. The van der Waals surface area contributed by atoms with Gasteiger partial charge in [-0.05, 0) is 36.1 Å². The van der Waals surface area contributed by atoms with Crippen molar-refractivity contribution in [1.29, 1.82) is 0 Å². The van der Waals surface area contributed by atoms with Crippen LogP contribution in [0, 0.1) is 0 Å². The Balaban J connectivity index is 0.000000172. The van der Waals surface area contributed by atoms with Gasteiger partial charge < -0.3 is 19.3 Å². The highest BCUT2D eigenvalue weighted by molar-refractivity contribution is 5.94. The number of nitrogens with zero attached hydrogens (tertiary/aromatic N) is 4. The van der Waals surface area contributed by atoms with Crippen molar-refractivity contribution in [3.63, 3.8) is 0 Å². The first-order valence-electron chi connectivity index (χ1n) is 10.8. The number of carbonyl (C=O) groups excluding carboxylic acids is 1. The molecule has 0 radical (unpaired) electrons. The topological polar surface area (TPSA) is 67.8 Å². The summed E-state index contributed by atoms with van der Waals surface area (Å²) >= 11 is 0. The Bertz CT molecular complexity index is 768. The maximum absolute atomic E-state index is 12.1. The number of aryl methyl sites for hydroxylation is 2. The lowest BCUT2D eigenvalue weighted by molar-refractivity contribution is 0.0303. The van der Waals surface area contributed by atoms with E-state index < -0.39 is 0 Å². The van der Waals surface area contributed by atoms with Crippen LogP contribution in [-0.4, -0.2) is 73.4 Å². The minimum absolute atomic E-state index is 0.117. The summed E-state index contributed by atoms with van der Waals surface area (Å²) in [4.78, 5) is 24.7. The molecule has 0 spiro atoms. The molecule has 3 heterocycles. The van der Waals surface area contributed by atoms with Crippen LogP contribution in [0.2, 0.25) is 0 Å². The standard InChI is InChI=1S/C13H17NO2.C10H15N3O/c1-2-11-3-5-12(6-4-11)13(15)14-7-9-16-10-8-14;1-2-9-7-11-10(12-8-9)13-3-5-14-6-4-13/h3-6H,2,7-10H2,1H3;7-8H,2-6H2,1H3. The maximum Gasteiger partial charge on any atom is 0.254 e. The Kier molecular flexibility index (Phi) is 8.59. The molecule has 2 aliphatic heterocycles. The lowest BCUT2D eigenvalue weighted by atomic mass is 10.1. The molecule has 0 saturated carbocycles. The molecule has 1 aromatic carbocycles. The van der Waals surface area contributed by atoms with Crippen LogP contribution < -0.4 is 4.90 Å². The molecule has 7 heteroatoms. The third-order valence-electron chi connectivity index (χ3n) is 5.30. The van der Waals surface area contributed by atoms with Gasteiger partial charge in [-0.15, -0.1) is 0 Å². The first-order valence-corrected chi connectivity index (χ1v) is 10.8. The van der Waals surface area contributed by atoms with Crippen LogP contribution in [0.3, 0.4) is 0 Å². The molecule has 0 aliphatic carbocycles. The van der Waals surface area contributed by atoms with Crippen LogP contribution in [0.25, 0.3) is 0 Å². The highest BCUT2D eigenvalue weighted by Crippen LogP contribution is 2.10. The molecule has 0 bridgehead atoms. The normalized spacial score (nSPS) is 16.6. The van der Waals surface area contributed by atoms with Gasteiger partial charge in [0.15, 0.2) is 0 Å². The molecule has 1 aromatic heterocycles. The Labute approximate surface area is 179 Å². The molecule has 1 amide bonds. The number of rotatable bonds is 4. The molecule has 4 rings (SSSR count). The molecule has 2 aromatic rings. The van der Waals surface area contributed by atoms with E-state index in [-0.39, 0.29) is 5.91 Å². The van der Waals surface area contributed by atoms with Gasteiger partial charge in [-0.2, -0.15) is 0 Å². The zero-order valence-electron chi connectivity index (χ0n) is 18.0. The van der Waals surface area contributed by atoms with E-state index in [0.717, 1.165) is 50.7 Å². The second kappa shape index (κ2) is 11.6. The molecule has 0 atom stereocenters. The number of benzene rings is 1. The van der Waals surface area contributed by atoms with E-state index in [9.17, 15) is 4.79 Å². The highest BCUT2D eigenvalue weighted by atomic mass is 16.5. The van der Waals surface area contributed by atoms with Gasteiger partial charge in [0.2, 0.25) is 5.95 Å². The van der Waals surface area contributed by atoms with E-state index in [1.807, 2.05) is 41.6 Å². The van der Waals surface area contributed by atoms with Crippen molar-refractivity contribution in [3.05, 3.63) is 53.3 Å². The van der Waals surface area contributed by atoms with Crippen LogP contribution in [0.5, 0.6) is 0 Å². The van der Waals surface area contributed by atoms with Crippen molar-refractivity contribution in [1.82, 2.24) is 14.9 Å². The van der Waals surface area contributed by atoms with Crippen LogP contribution >= 0.6 is 0 Å². The molecule has 7 nitrogen and oxygen atoms in total. The number of hydrogen-bond donors (Lipinski definition) is 0. The third kappa shape index (κ3) is 6.24. The number of hydrogen-bond acceptors (Lipinski definition) is 6. The monoisotopic (exact) mass is 412 g/mol.